The van der Waals surface area contributed by atoms with E-state index in [1.165, 1.54) is 14.4 Å². The number of nitrogens with one attached hydrogen (secondary N) is 3. The minimum absolute atomic E-state index is 0.0299. The third kappa shape index (κ3) is 12.1. The average molecular weight is 1090 g/mol. The van der Waals surface area contributed by atoms with Crippen LogP contribution in [0.5, 0.6) is 17.2 Å². The number of nitrogens with zero attached hydrogens (tertiary/aromatic N) is 12. The van der Waals surface area contributed by atoms with Gasteiger partial charge in [0.25, 0.3) is 0 Å². The van der Waals surface area contributed by atoms with Crippen molar-refractivity contribution in [3.05, 3.63) is 126 Å². The molecule has 0 bridgehead atoms. The van der Waals surface area contributed by atoms with Gasteiger partial charge in [-0.3, -0.25) is 0 Å². The monoisotopic (exact) mass is 1090 g/mol. The fourth-order valence-electron chi connectivity index (χ4n) is 10.5. The van der Waals surface area contributed by atoms with Gasteiger partial charge in [-0.05, 0) is 125 Å². The van der Waals surface area contributed by atoms with Gasteiger partial charge < -0.3 is 31.3 Å². The number of benzene rings is 6. The van der Waals surface area contributed by atoms with Gasteiger partial charge in [-0.15, -0.1) is 45.0 Å². The van der Waals surface area contributed by atoms with E-state index in [1.807, 2.05) is 109 Å². The molecule has 0 aliphatic rings. The number of rotatable bonds is 24. The van der Waals surface area contributed by atoms with E-state index in [2.05, 4.69) is 78.3 Å². The Hall–Kier alpha value is -8.67. The van der Waals surface area contributed by atoms with Crippen LogP contribution in [0.3, 0.4) is 0 Å². The summed E-state index contributed by atoms with van der Waals surface area (Å²) in [4.78, 5) is 19.3. The molecule has 0 aliphatic heterocycles. The number of unbranched alkanes of at least 4 members (excludes halogenated alkanes) is 6. The van der Waals surface area contributed by atoms with E-state index in [9.17, 15) is 15.3 Å². The van der Waals surface area contributed by atoms with Gasteiger partial charge >= 0.3 is 0 Å². The summed E-state index contributed by atoms with van der Waals surface area (Å²) >= 11 is 0. The van der Waals surface area contributed by atoms with Gasteiger partial charge in [0.05, 0.1) is 17.1 Å². The first-order chi connectivity index (χ1) is 38.9. The largest absolute Gasteiger partial charge is 0.504 e. The Bertz CT molecular complexity index is 3350. The number of aromatic nitrogens is 12. The summed E-state index contributed by atoms with van der Waals surface area (Å²) in [5, 5.41) is 76.1. The van der Waals surface area contributed by atoms with Crippen molar-refractivity contribution in [1.82, 2.24) is 59.9 Å². The molecular weight excluding hydrogens is 1010 g/mol. The quantitative estimate of drug-likeness (QED) is 0.0244. The molecule has 420 valence electrons. The molecule has 0 fully saturated rings. The van der Waals surface area contributed by atoms with Gasteiger partial charge in [0, 0.05) is 0 Å². The molecule has 0 spiro atoms. The molecule has 10 aromatic rings. The number of anilines is 6. The maximum atomic E-state index is 12.4. The van der Waals surface area contributed by atoms with E-state index in [4.69, 9.17) is 45.5 Å². The minimum Gasteiger partial charge on any atom is -0.504 e. The summed E-state index contributed by atoms with van der Waals surface area (Å²) < 4.78 is 0. The van der Waals surface area contributed by atoms with Crippen molar-refractivity contribution in [2.75, 3.05) is 16.0 Å². The van der Waals surface area contributed by atoms with Crippen LogP contribution in [0.15, 0.2) is 109 Å². The molecule has 10 rings (SSSR count). The SMILES string of the molecule is CCCCCC(C)(C)c1cc(Nc2nc(Nc3cc(C(C)(C)CCCCC)cc(-n4nc5ccccc5n4)c3O)nc(Nc3cc(C(C)(C)CCCCC)cc(-n4nc5ccccc5n4)c3O)n2)c(O)c(-n2nc3ccccc3n2)c1. The summed E-state index contributed by atoms with van der Waals surface area (Å²) in [7, 11) is 0. The first-order valence-corrected chi connectivity index (χ1v) is 28.6. The fourth-order valence-corrected chi connectivity index (χ4v) is 10.5. The van der Waals surface area contributed by atoms with Crippen LogP contribution >= 0.6 is 0 Å². The number of hydrogen-bond acceptors (Lipinski definition) is 15. The highest BCUT2D eigenvalue weighted by atomic mass is 16.3. The first-order valence-electron chi connectivity index (χ1n) is 28.6. The predicted molar refractivity (Wildman–Crippen MR) is 323 cm³/mol. The molecule has 4 heterocycles. The molecule has 0 radical (unpaired) electrons. The Morgan fingerprint density at radius 2 is 0.593 bits per heavy atom. The Morgan fingerprint density at radius 1 is 0.358 bits per heavy atom. The lowest BCUT2D eigenvalue weighted by Gasteiger charge is -2.27. The van der Waals surface area contributed by atoms with Gasteiger partial charge in [0.2, 0.25) is 17.8 Å². The van der Waals surface area contributed by atoms with Crippen LogP contribution in [0.4, 0.5) is 34.9 Å². The lowest BCUT2D eigenvalue weighted by Crippen LogP contribution is -2.19. The summed E-state index contributed by atoms with van der Waals surface area (Å²) in [6.45, 7) is 19.8. The molecule has 6 aromatic carbocycles. The normalized spacial score (nSPS) is 12.3. The average Bonchev–Trinajstić information content (AvgIpc) is 4.43. The molecule has 0 atom stereocenters. The number of phenols is 3. The topological polar surface area (TPSA) is 228 Å². The number of fused-ring (bicyclic) bond motifs is 3. The molecule has 18 nitrogen and oxygen atoms in total. The molecule has 6 N–H and O–H groups in total. The highest BCUT2D eigenvalue weighted by molar-refractivity contribution is 5.79. The van der Waals surface area contributed by atoms with Crippen LogP contribution in [0, 0.1) is 0 Å². The van der Waals surface area contributed by atoms with Crippen molar-refractivity contribution < 1.29 is 15.3 Å². The second kappa shape index (κ2) is 23.2. The second-order valence-electron chi connectivity index (χ2n) is 23.3. The minimum atomic E-state index is -0.334. The molecule has 0 unspecified atom stereocenters. The third-order valence-electron chi connectivity index (χ3n) is 15.7. The lowest BCUT2D eigenvalue weighted by atomic mass is 9.79. The summed E-state index contributed by atoms with van der Waals surface area (Å²) in [5.74, 6) is -0.309. The van der Waals surface area contributed by atoms with Crippen molar-refractivity contribution in [2.45, 2.75) is 156 Å². The Balaban J connectivity index is 1.14. The molecule has 0 aliphatic carbocycles. The van der Waals surface area contributed by atoms with E-state index in [0.717, 1.165) is 93.7 Å². The summed E-state index contributed by atoms with van der Waals surface area (Å²) in [6.07, 6.45) is 12.2. The van der Waals surface area contributed by atoms with Crippen LogP contribution in [0.1, 0.15) is 156 Å². The molecule has 0 amide bonds. The predicted octanol–water partition coefficient (Wildman–Crippen LogP) is 15.0. The highest BCUT2D eigenvalue weighted by Crippen LogP contribution is 2.44. The van der Waals surface area contributed by atoms with Crippen LogP contribution < -0.4 is 16.0 Å². The number of hydrogen-bond donors (Lipinski definition) is 6. The van der Waals surface area contributed by atoms with Crippen molar-refractivity contribution in [3.63, 3.8) is 0 Å². The third-order valence-corrected chi connectivity index (χ3v) is 15.7. The van der Waals surface area contributed by atoms with Gasteiger partial charge in [-0.2, -0.15) is 15.0 Å². The van der Waals surface area contributed by atoms with E-state index in [-0.39, 0.29) is 51.3 Å². The zero-order chi connectivity index (χ0) is 57.1. The van der Waals surface area contributed by atoms with Gasteiger partial charge in [0.1, 0.15) is 50.2 Å². The maximum Gasteiger partial charge on any atom is 0.233 e. The van der Waals surface area contributed by atoms with Crippen LogP contribution in [-0.2, 0) is 16.2 Å². The highest BCUT2D eigenvalue weighted by Gasteiger charge is 2.29. The maximum absolute atomic E-state index is 12.4. The molecule has 0 saturated heterocycles. The van der Waals surface area contributed by atoms with Gasteiger partial charge in [0.15, 0.2) is 17.2 Å². The van der Waals surface area contributed by atoms with E-state index >= 15 is 0 Å². The van der Waals surface area contributed by atoms with E-state index in [1.54, 1.807) is 0 Å². The van der Waals surface area contributed by atoms with Gasteiger partial charge in [-0.1, -0.05) is 156 Å². The molecular formula is C63H75N15O3. The van der Waals surface area contributed by atoms with Crippen LogP contribution in [-0.4, -0.2) is 75.3 Å². The summed E-state index contributed by atoms with van der Waals surface area (Å²) in [6, 6.07) is 34.3. The van der Waals surface area contributed by atoms with Crippen LogP contribution in [0.25, 0.3) is 50.2 Å². The molecule has 18 heteroatoms. The molecule has 4 aromatic heterocycles. The Morgan fingerprint density at radius 3 is 0.815 bits per heavy atom. The fraction of sp³-hybridized carbons (Fsp3) is 0.381. The van der Waals surface area contributed by atoms with Crippen LogP contribution in [0.2, 0.25) is 0 Å². The molecule has 0 saturated carbocycles. The Labute approximate surface area is 473 Å². The van der Waals surface area contributed by atoms with E-state index in [0.29, 0.717) is 67.2 Å². The standard InChI is InChI=1S/C63H75N15O3/c1-10-13-22-31-61(4,5)40-34-49(55(79)52(37-40)76-70-43-25-16-17-26-44(43)71-76)64-58-67-59(65-50-35-41(62(6,7)32-23-14-11-2)38-53(56(50)80)77-72-45-27-18-19-28-46(45)73-77)69-60(68-58)66-51-36-42(63(8,9)33-24-15-12-3)39-54(57(51)81)78-74-47-29-20-21-30-48(47)75-78/h16-21,25-30,34-39,79-81H,10-15,22-24,31-33H2,1-9H3,(H3,64,65,66,67,68,69). The first kappa shape index (κ1) is 55.6. The summed E-state index contributed by atoms with van der Waals surface area (Å²) in [5.41, 5.74) is 7.86. The van der Waals surface area contributed by atoms with E-state index < -0.39 is 0 Å². The number of aromatic hydroxyl groups is 3. The van der Waals surface area contributed by atoms with Crippen molar-refractivity contribution in [3.8, 4) is 34.3 Å². The zero-order valence-electron chi connectivity index (χ0n) is 48.1. The van der Waals surface area contributed by atoms with Crippen molar-refractivity contribution in [1.29, 1.82) is 0 Å². The van der Waals surface area contributed by atoms with Crippen molar-refractivity contribution >= 4 is 68.0 Å². The van der Waals surface area contributed by atoms with Gasteiger partial charge in [-0.25, -0.2) is 0 Å². The van der Waals surface area contributed by atoms with Crippen molar-refractivity contribution in [2.24, 2.45) is 0 Å². The number of phenolic OH excluding ortho intramolecular Hbond substituents is 3. The molecule has 81 heavy (non-hydrogen) atoms. The zero-order valence-corrected chi connectivity index (χ0v) is 48.1. The second-order valence-corrected chi connectivity index (χ2v) is 23.3. The lowest BCUT2D eigenvalue weighted by molar-refractivity contribution is 0.445. The smallest absolute Gasteiger partial charge is 0.233 e. The Kier molecular flexibility index (Phi) is 15.9.